The highest BCUT2D eigenvalue weighted by atomic mass is 32.2. The summed E-state index contributed by atoms with van der Waals surface area (Å²) >= 11 is 0. The van der Waals surface area contributed by atoms with Gasteiger partial charge in [-0.05, 0) is 30.7 Å². The molecule has 6 nitrogen and oxygen atoms in total. The van der Waals surface area contributed by atoms with Crippen molar-refractivity contribution in [2.24, 2.45) is 5.14 Å². The first-order valence-corrected chi connectivity index (χ1v) is 8.36. The lowest BCUT2D eigenvalue weighted by molar-refractivity contribution is 0.297. The number of benzene rings is 1. The molecule has 112 valence electrons. The number of rotatable bonds is 6. The lowest BCUT2D eigenvalue weighted by Gasteiger charge is -2.10. The summed E-state index contributed by atoms with van der Waals surface area (Å²) in [6, 6.07) is 5.83. The highest BCUT2D eigenvalue weighted by Gasteiger charge is 2.10. The van der Waals surface area contributed by atoms with E-state index in [0.717, 1.165) is 23.5 Å². The van der Waals surface area contributed by atoms with Gasteiger partial charge in [-0.25, -0.2) is 13.6 Å². The van der Waals surface area contributed by atoms with Crippen molar-refractivity contribution in [3.8, 4) is 11.5 Å². The average Bonchev–Trinajstić information content (AvgIpc) is 2.61. The SMILES string of the molecule is NS(=O)(=O)CCCNCc1ccc2c(c1)OCCCO2. The quantitative estimate of drug-likeness (QED) is 0.751. The molecule has 1 aromatic carbocycles. The Hall–Kier alpha value is -1.31. The summed E-state index contributed by atoms with van der Waals surface area (Å²) in [6.07, 6.45) is 1.39. The standard InChI is InChI=1S/C13H20N2O4S/c14-20(16,17)8-1-5-15-10-11-3-4-12-13(9-11)19-7-2-6-18-12/h3-4,9,15H,1-2,5-8,10H2,(H2,14,16,17). The van der Waals surface area contributed by atoms with Crippen molar-refractivity contribution in [3.63, 3.8) is 0 Å². The highest BCUT2D eigenvalue weighted by molar-refractivity contribution is 7.89. The Bertz CT molecular complexity index is 545. The molecule has 0 amide bonds. The van der Waals surface area contributed by atoms with Crippen molar-refractivity contribution >= 4 is 10.0 Å². The average molecular weight is 300 g/mol. The fraction of sp³-hybridized carbons (Fsp3) is 0.538. The van der Waals surface area contributed by atoms with Gasteiger partial charge in [-0.15, -0.1) is 0 Å². The Labute approximate surface area is 119 Å². The molecule has 0 unspecified atom stereocenters. The van der Waals surface area contributed by atoms with Crippen molar-refractivity contribution in [1.82, 2.24) is 5.32 Å². The van der Waals surface area contributed by atoms with Crippen molar-refractivity contribution in [1.29, 1.82) is 0 Å². The van der Waals surface area contributed by atoms with Crippen LogP contribution in [-0.4, -0.2) is 33.9 Å². The number of hydrogen-bond acceptors (Lipinski definition) is 5. The van der Waals surface area contributed by atoms with Gasteiger partial charge in [0, 0.05) is 13.0 Å². The zero-order valence-electron chi connectivity index (χ0n) is 11.3. The van der Waals surface area contributed by atoms with Gasteiger partial charge in [-0.3, -0.25) is 0 Å². The number of ether oxygens (including phenoxy) is 2. The number of fused-ring (bicyclic) bond motifs is 1. The van der Waals surface area contributed by atoms with E-state index in [-0.39, 0.29) is 5.75 Å². The van der Waals surface area contributed by atoms with Crippen molar-refractivity contribution in [3.05, 3.63) is 23.8 Å². The molecule has 0 saturated heterocycles. The summed E-state index contributed by atoms with van der Waals surface area (Å²) in [5, 5.41) is 8.11. The molecular weight excluding hydrogens is 280 g/mol. The van der Waals surface area contributed by atoms with E-state index in [1.54, 1.807) is 0 Å². The monoisotopic (exact) mass is 300 g/mol. The molecule has 20 heavy (non-hydrogen) atoms. The number of nitrogens with two attached hydrogens (primary N) is 1. The van der Waals surface area contributed by atoms with Crippen LogP contribution in [0.5, 0.6) is 11.5 Å². The summed E-state index contributed by atoms with van der Waals surface area (Å²) < 4.78 is 32.7. The maximum atomic E-state index is 10.8. The summed E-state index contributed by atoms with van der Waals surface area (Å²) in [5.41, 5.74) is 1.07. The summed E-state index contributed by atoms with van der Waals surface area (Å²) in [5.74, 6) is 1.55. The fourth-order valence-corrected chi connectivity index (χ4v) is 2.50. The first-order valence-electron chi connectivity index (χ1n) is 6.64. The molecule has 0 aromatic heterocycles. The highest BCUT2D eigenvalue weighted by Crippen LogP contribution is 2.30. The second-order valence-electron chi connectivity index (χ2n) is 4.73. The van der Waals surface area contributed by atoms with Crippen LogP contribution in [0.1, 0.15) is 18.4 Å². The fourth-order valence-electron chi connectivity index (χ4n) is 1.95. The van der Waals surface area contributed by atoms with Crippen LogP contribution in [-0.2, 0) is 16.6 Å². The Balaban J connectivity index is 1.80. The van der Waals surface area contributed by atoms with Crippen molar-refractivity contribution in [2.75, 3.05) is 25.5 Å². The first-order chi connectivity index (χ1) is 9.54. The smallest absolute Gasteiger partial charge is 0.209 e. The van der Waals surface area contributed by atoms with Gasteiger partial charge in [0.25, 0.3) is 0 Å². The van der Waals surface area contributed by atoms with E-state index in [4.69, 9.17) is 14.6 Å². The van der Waals surface area contributed by atoms with Crippen LogP contribution >= 0.6 is 0 Å². The largest absolute Gasteiger partial charge is 0.490 e. The minimum Gasteiger partial charge on any atom is -0.490 e. The van der Waals surface area contributed by atoms with E-state index in [0.29, 0.717) is 32.7 Å². The van der Waals surface area contributed by atoms with Gasteiger partial charge in [0.15, 0.2) is 11.5 Å². The minimum atomic E-state index is -3.36. The Morgan fingerprint density at radius 2 is 1.95 bits per heavy atom. The third kappa shape index (κ3) is 4.99. The summed E-state index contributed by atoms with van der Waals surface area (Å²) in [4.78, 5) is 0. The molecular formula is C13H20N2O4S. The minimum absolute atomic E-state index is 0.00113. The van der Waals surface area contributed by atoms with E-state index in [9.17, 15) is 8.42 Å². The first kappa shape index (κ1) is 15.1. The predicted molar refractivity (Wildman–Crippen MR) is 76.3 cm³/mol. The zero-order valence-corrected chi connectivity index (χ0v) is 12.1. The molecule has 1 aliphatic rings. The second kappa shape index (κ2) is 6.92. The van der Waals surface area contributed by atoms with Crippen LogP contribution in [0.2, 0.25) is 0 Å². The third-order valence-electron chi connectivity index (χ3n) is 2.92. The van der Waals surface area contributed by atoms with Gasteiger partial charge in [-0.2, -0.15) is 0 Å². The molecule has 0 saturated carbocycles. The Kier molecular flexibility index (Phi) is 5.22. The topological polar surface area (TPSA) is 90.7 Å². The van der Waals surface area contributed by atoms with E-state index in [1.807, 2.05) is 18.2 Å². The van der Waals surface area contributed by atoms with Gasteiger partial charge in [-0.1, -0.05) is 6.07 Å². The third-order valence-corrected chi connectivity index (χ3v) is 3.78. The number of nitrogens with one attached hydrogen (secondary N) is 1. The van der Waals surface area contributed by atoms with Crippen LogP contribution < -0.4 is 19.9 Å². The maximum Gasteiger partial charge on any atom is 0.209 e. The van der Waals surface area contributed by atoms with Crippen molar-refractivity contribution in [2.45, 2.75) is 19.4 Å². The molecule has 1 aromatic rings. The van der Waals surface area contributed by atoms with E-state index in [2.05, 4.69) is 5.32 Å². The second-order valence-corrected chi connectivity index (χ2v) is 6.46. The number of hydrogen-bond donors (Lipinski definition) is 2. The predicted octanol–water partition coefficient (Wildman–Crippen LogP) is 0.616. The van der Waals surface area contributed by atoms with Gasteiger partial charge in [0.1, 0.15) is 0 Å². The van der Waals surface area contributed by atoms with Crippen LogP contribution in [0.4, 0.5) is 0 Å². The van der Waals surface area contributed by atoms with Gasteiger partial charge < -0.3 is 14.8 Å². The van der Waals surface area contributed by atoms with E-state index >= 15 is 0 Å². The molecule has 7 heteroatoms. The lowest BCUT2D eigenvalue weighted by atomic mass is 10.2. The van der Waals surface area contributed by atoms with Crippen LogP contribution in [0.25, 0.3) is 0 Å². The van der Waals surface area contributed by atoms with E-state index < -0.39 is 10.0 Å². The van der Waals surface area contributed by atoms with Gasteiger partial charge in [0.05, 0.1) is 19.0 Å². The molecule has 0 atom stereocenters. The molecule has 0 fully saturated rings. The van der Waals surface area contributed by atoms with Crippen molar-refractivity contribution < 1.29 is 17.9 Å². The van der Waals surface area contributed by atoms with Gasteiger partial charge >= 0.3 is 0 Å². The molecule has 0 radical (unpaired) electrons. The normalized spacial score (nSPS) is 14.8. The molecule has 0 aliphatic carbocycles. The van der Waals surface area contributed by atoms with Crippen LogP contribution in [0.15, 0.2) is 18.2 Å². The number of sulfonamides is 1. The maximum absolute atomic E-state index is 10.8. The molecule has 0 bridgehead atoms. The number of primary sulfonamides is 1. The molecule has 0 spiro atoms. The Morgan fingerprint density at radius 1 is 1.20 bits per heavy atom. The Morgan fingerprint density at radius 3 is 2.70 bits per heavy atom. The summed E-state index contributed by atoms with van der Waals surface area (Å²) in [7, 11) is -3.36. The lowest BCUT2D eigenvalue weighted by Crippen LogP contribution is -2.22. The molecule has 1 aliphatic heterocycles. The van der Waals surface area contributed by atoms with Crippen LogP contribution in [0.3, 0.4) is 0 Å². The molecule has 2 rings (SSSR count). The zero-order chi connectivity index (χ0) is 14.4. The molecule has 1 heterocycles. The molecule has 3 N–H and O–H groups in total. The van der Waals surface area contributed by atoms with Gasteiger partial charge in [0.2, 0.25) is 10.0 Å². The van der Waals surface area contributed by atoms with E-state index in [1.165, 1.54) is 0 Å². The summed E-state index contributed by atoms with van der Waals surface area (Å²) in [6.45, 7) is 2.60. The van der Waals surface area contributed by atoms with Crippen LogP contribution in [0, 0.1) is 0 Å².